The molecule has 0 aromatic heterocycles. The molecule has 2 fully saturated rings. The minimum Gasteiger partial charge on any atom is -0.378 e. The van der Waals surface area contributed by atoms with Gasteiger partial charge in [-0.1, -0.05) is 12.1 Å². The molecule has 30 heavy (non-hydrogen) atoms. The molecule has 0 saturated carbocycles. The van der Waals surface area contributed by atoms with Crippen LogP contribution < -0.4 is 15.1 Å². The van der Waals surface area contributed by atoms with Crippen LogP contribution in [0, 0.1) is 5.82 Å². The predicted molar refractivity (Wildman–Crippen MR) is 113 cm³/mol. The third-order valence-corrected chi connectivity index (χ3v) is 5.46. The standard InChI is InChI=1S/C22H25FN4O3/c23-17-5-7-18(8-6-17)25-9-11-27(12-10-25)22(29)21(28)24-19-3-1-2-4-20(19)26-13-15-30-16-14-26/h1-8H,9-16H2,(H,24,28). The molecule has 2 aliphatic rings. The van der Waals surface area contributed by atoms with E-state index in [1.54, 1.807) is 17.0 Å². The van der Waals surface area contributed by atoms with E-state index in [1.165, 1.54) is 12.1 Å². The molecule has 2 aromatic rings. The molecule has 1 N–H and O–H groups in total. The number of carbonyl (C=O) groups excluding carboxylic acids is 2. The van der Waals surface area contributed by atoms with Gasteiger partial charge in [0, 0.05) is 45.0 Å². The van der Waals surface area contributed by atoms with Crippen LogP contribution in [-0.4, -0.2) is 69.2 Å². The molecule has 0 aliphatic carbocycles. The fraction of sp³-hybridized carbons (Fsp3) is 0.364. The highest BCUT2D eigenvalue weighted by molar-refractivity contribution is 6.39. The number of nitrogens with one attached hydrogen (secondary N) is 1. The quantitative estimate of drug-likeness (QED) is 0.781. The second-order valence-electron chi connectivity index (χ2n) is 7.33. The van der Waals surface area contributed by atoms with Crippen LogP contribution in [0.3, 0.4) is 0 Å². The first-order valence-electron chi connectivity index (χ1n) is 10.1. The highest BCUT2D eigenvalue weighted by Crippen LogP contribution is 2.26. The van der Waals surface area contributed by atoms with Gasteiger partial charge in [-0.05, 0) is 36.4 Å². The van der Waals surface area contributed by atoms with E-state index in [9.17, 15) is 14.0 Å². The number of amides is 2. The molecule has 158 valence electrons. The van der Waals surface area contributed by atoms with Crippen molar-refractivity contribution in [3.63, 3.8) is 0 Å². The first-order chi connectivity index (χ1) is 14.6. The topological polar surface area (TPSA) is 65.1 Å². The maximum atomic E-state index is 13.1. The Morgan fingerprint density at radius 3 is 2.20 bits per heavy atom. The Kier molecular flexibility index (Phi) is 6.13. The van der Waals surface area contributed by atoms with Crippen LogP contribution in [0.5, 0.6) is 0 Å². The molecule has 7 nitrogen and oxygen atoms in total. The Hall–Kier alpha value is -3.13. The summed E-state index contributed by atoms with van der Waals surface area (Å²) in [6.45, 7) is 4.82. The minimum atomic E-state index is -0.633. The van der Waals surface area contributed by atoms with Gasteiger partial charge in [-0.3, -0.25) is 9.59 Å². The van der Waals surface area contributed by atoms with Gasteiger partial charge in [0.05, 0.1) is 24.6 Å². The highest BCUT2D eigenvalue weighted by Gasteiger charge is 2.27. The largest absolute Gasteiger partial charge is 0.378 e. The fourth-order valence-corrected chi connectivity index (χ4v) is 3.80. The summed E-state index contributed by atoms with van der Waals surface area (Å²) in [7, 11) is 0. The zero-order valence-corrected chi connectivity index (χ0v) is 16.7. The van der Waals surface area contributed by atoms with Crippen LogP contribution in [-0.2, 0) is 14.3 Å². The summed E-state index contributed by atoms with van der Waals surface area (Å²) in [6, 6.07) is 13.8. The Morgan fingerprint density at radius 1 is 0.833 bits per heavy atom. The van der Waals surface area contributed by atoms with Gasteiger partial charge in [-0.15, -0.1) is 0 Å². The van der Waals surface area contributed by atoms with Gasteiger partial charge in [0.15, 0.2) is 0 Å². The van der Waals surface area contributed by atoms with E-state index >= 15 is 0 Å². The highest BCUT2D eigenvalue weighted by atomic mass is 19.1. The van der Waals surface area contributed by atoms with Crippen LogP contribution in [0.2, 0.25) is 0 Å². The van der Waals surface area contributed by atoms with Crippen molar-refractivity contribution >= 4 is 28.9 Å². The second-order valence-corrected chi connectivity index (χ2v) is 7.33. The Morgan fingerprint density at radius 2 is 1.50 bits per heavy atom. The zero-order chi connectivity index (χ0) is 20.9. The van der Waals surface area contributed by atoms with Crippen molar-refractivity contribution in [2.45, 2.75) is 0 Å². The fourth-order valence-electron chi connectivity index (χ4n) is 3.80. The molecule has 2 aromatic carbocycles. The summed E-state index contributed by atoms with van der Waals surface area (Å²) < 4.78 is 18.5. The smallest absolute Gasteiger partial charge is 0.313 e. The average molecular weight is 412 g/mol. The van der Waals surface area contributed by atoms with Crippen molar-refractivity contribution in [2.75, 3.05) is 67.6 Å². The number of hydrogen-bond donors (Lipinski definition) is 1. The SMILES string of the molecule is O=C(Nc1ccccc1N1CCOCC1)C(=O)N1CCN(c2ccc(F)cc2)CC1. The Bertz CT molecular complexity index is 892. The summed E-state index contributed by atoms with van der Waals surface area (Å²) >= 11 is 0. The lowest BCUT2D eigenvalue weighted by Crippen LogP contribution is -2.51. The average Bonchev–Trinajstić information content (AvgIpc) is 2.80. The van der Waals surface area contributed by atoms with Gasteiger partial charge in [0.25, 0.3) is 0 Å². The van der Waals surface area contributed by atoms with E-state index in [0.717, 1.165) is 24.5 Å². The predicted octanol–water partition coefficient (Wildman–Crippen LogP) is 1.95. The number of carbonyl (C=O) groups is 2. The van der Waals surface area contributed by atoms with Gasteiger partial charge in [0.1, 0.15) is 5.82 Å². The van der Waals surface area contributed by atoms with Crippen molar-refractivity contribution in [1.82, 2.24) is 4.90 Å². The van der Waals surface area contributed by atoms with Gasteiger partial charge in [-0.25, -0.2) is 4.39 Å². The van der Waals surface area contributed by atoms with E-state index in [4.69, 9.17) is 4.74 Å². The van der Waals surface area contributed by atoms with Crippen LogP contribution in [0.1, 0.15) is 0 Å². The molecular formula is C22H25FN4O3. The van der Waals surface area contributed by atoms with E-state index in [2.05, 4.69) is 15.1 Å². The number of morpholine rings is 1. The lowest BCUT2D eigenvalue weighted by molar-refractivity contribution is -0.143. The number of piperazine rings is 1. The number of benzene rings is 2. The molecule has 0 spiro atoms. The molecule has 8 heteroatoms. The van der Waals surface area contributed by atoms with Crippen molar-refractivity contribution in [3.8, 4) is 0 Å². The summed E-state index contributed by atoms with van der Waals surface area (Å²) in [5.74, 6) is -1.45. The lowest BCUT2D eigenvalue weighted by atomic mass is 10.2. The molecule has 2 amide bonds. The number of rotatable bonds is 3. The first-order valence-corrected chi connectivity index (χ1v) is 10.1. The number of anilines is 3. The van der Waals surface area contributed by atoms with E-state index in [0.29, 0.717) is 45.1 Å². The molecule has 0 radical (unpaired) electrons. The maximum Gasteiger partial charge on any atom is 0.313 e. The zero-order valence-electron chi connectivity index (χ0n) is 16.7. The number of halogens is 1. The normalized spacial score (nSPS) is 17.0. The second kappa shape index (κ2) is 9.13. The molecule has 0 atom stereocenters. The summed E-state index contributed by atoms with van der Waals surface area (Å²) in [6.07, 6.45) is 0. The van der Waals surface area contributed by atoms with E-state index < -0.39 is 11.8 Å². The van der Waals surface area contributed by atoms with Gasteiger partial charge < -0.3 is 24.8 Å². The molecule has 4 rings (SSSR count). The number of ether oxygens (including phenoxy) is 1. The van der Waals surface area contributed by atoms with Crippen LogP contribution in [0.25, 0.3) is 0 Å². The monoisotopic (exact) mass is 412 g/mol. The summed E-state index contributed by atoms with van der Waals surface area (Å²) in [4.78, 5) is 31.1. The molecule has 0 unspecified atom stereocenters. The number of nitrogens with zero attached hydrogens (tertiary/aromatic N) is 3. The number of para-hydroxylation sites is 2. The number of hydrogen-bond acceptors (Lipinski definition) is 5. The summed E-state index contributed by atoms with van der Waals surface area (Å²) in [5.41, 5.74) is 2.43. The maximum absolute atomic E-state index is 13.1. The van der Waals surface area contributed by atoms with Gasteiger partial charge >= 0.3 is 11.8 Å². The molecule has 0 bridgehead atoms. The third-order valence-electron chi connectivity index (χ3n) is 5.46. The first kappa shape index (κ1) is 20.2. The van der Waals surface area contributed by atoms with Crippen LogP contribution in [0.4, 0.5) is 21.5 Å². The Balaban J connectivity index is 1.36. The van der Waals surface area contributed by atoms with Crippen molar-refractivity contribution in [3.05, 3.63) is 54.3 Å². The van der Waals surface area contributed by atoms with Crippen molar-refractivity contribution in [1.29, 1.82) is 0 Å². The molecular weight excluding hydrogens is 387 g/mol. The minimum absolute atomic E-state index is 0.276. The lowest BCUT2D eigenvalue weighted by Gasteiger charge is -2.36. The molecule has 2 heterocycles. The van der Waals surface area contributed by atoms with Gasteiger partial charge in [0.2, 0.25) is 0 Å². The van der Waals surface area contributed by atoms with E-state index in [1.807, 2.05) is 24.3 Å². The molecule has 2 saturated heterocycles. The van der Waals surface area contributed by atoms with Crippen LogP contribution >= 0.6 is 0 Å². The van der Waals surface area contributed by atoms with Gasteiger partial charge in [-0.2, -0.15) is 0 Å². The third kappa shape index (κ3) is 4.54. The molecule has 2 aliphatic heterocycles. The van der Waals surface area contributed by atoms with Crippen molar-refractivity contribution in [2.24, 2.45) is 0 Å². The van der Waals surface area contributed by atoms with Crippen molar-refractivity contribution < 1.29 is 18.7 Å². The van der Waals surface area contributed by atoms with E-state index in [-0.39, 0.29) is 5.82 Å². The Labute approximate surface area is 175 Å². The van der Waals surface area contributed by atoms with Crippen LogP contribution in [0.15, 0.2) is 48.5 Å². The summed E-state index contributed by atoms with van der Waals surface area (Å²) in [5, 5.41) is 2.79.